The van der Waals surface area contributed by atoms with Gasteiger partial charge in [-0.2, -0.15) is 0 Å². The van der Waals surface area contributed by atoms with E-state index in [0.717, 1.165) is 126 Å². The van der Waals surface area contributed by atoms with E-state index in [4.69, 9.17) is 40.0 Å². The number of ether oxygens (including phenoxy) is 6. The Morgan fingerprint density at radius 2 is 0.638 bits per heavy atom. The van der Waals surface area contributed by atoms with E-state index in [1.54, 1.807) is 48.5 Å². The van der Waals surface area contributed by atoms with E-state index >= 15 is 0 Å². The summed E-state index contributed by atoms with van der Waals surface area (Å²) in [6, 6.07) is 57.7. The van der Waals surface area contributed by atoms with Gasteiger partial charge in [-0.05, 0) is 85.1 Å². The lowest BCUT2D eigenvalue weighted by Gasteiger charge is -2.46. The molecule has 8 aliphatic heterocycles. The first-order chi connectivity index (χ1) is 62.7. The van der Waals surface area contributed by atoms with Gasteiger partial charge in [0.05, 0.1) is 11.7 Å². The van der Waals surface area contributed by atoms with Gasteiger partial charge in [0, 0.05) is 209 Å². The summed E-state index contributed by atoms with van der Waals surface area (Å²) >= 11 is 11.7. The summed E-state index contributed by atoms with van der Waals surface area (Å²) < 4.78 is 63.1. The van der Waals surface area contributed by atoms with Crippen molar-refractivity contribution in [2.24, 2.45) is 0 Å². The van der Waals surface area contributed by atoms with Gasteiger partial charge in [-0.25, -0.2) is 8.78 Å². The number of allylic oxidation sites excluding steroid dienone is 4. The summed E-state index contributed by atoms with van der Waals surface area (Å²) in [5.41, 5.74) is 4.40. The number of piperidine rings is 4. The van der Waals surface area contributed by atoms with E-state index in [1.807, 2.05) is 110 Å². The number of benzene rings is 8. The second kappa shape index (κ2) is 39.5. The van der Waals surface area contributed by atoms with Crippen LogP contribution in [0.15, 0.2) is 220 Å². The number of β-amino-alcohol motifs (C(OH)–C–C–N with tert-alkyl or cyclic N) is 4. The van der Waals surface area contributed by atoms with Gasteiger partial charge in [0.2, 0.25) is 46.3 Å². The molecule has 4 atom stereocenters. The highest BCUT2D eigenvalue weighted by Gasteiger charge is 2.52. The number of carbonyl (C=O) groups is 8. The first-order valence-electron chi connectivity index (χ1n) is 43.9. The van der Waals surface area contributed by atoms with Crippen molar-refractivity contribution in [2.45, 2.75) is 117 Å². The van der Waals surface area contributed by atoms with Gasteiger partial charge in [0.25, 0.3) is 0 Å². The molecule has 12 aliphatic rings. The largest absolute Gasteiger partial charge is 0.491 e. The number of nitrogens with zero attached hydrogens (tertiary/aromatic N) is 4. The van der Waals surface area contributed by atoms with Gasteiger partial charge in [-0.3, -0.25) is 38.4 Å². The van der Waals surface area contributed by atoms with Crippen LogP contribution >= 0.6 is 58.6 Å². The lowest BCUT2D eigenvalue weighted by molar-refractivity contribution is -0.112. The molecule has 22 nitrogen and oxygen atoms in total. The fraction of sp³-hybridized carbons (Fsp3) is 0.366. The maximum atomic E-state index is 13.0. The van der Waals surface area contributed by atoms with Crippen LogP contribution in [0.5, 0.6) is 11.5 Å². The standard InChI is InChI=1S/C26H27NO4S.C25H24ClNO4S.2C25H24FNO5S/c1-25(30,15-18-7-3-2-4-8-18)16-27-13-11-26(12-14-27)17-32-24-22(29)21(28)19-9-5-6-10-20(19)23(24)31-26;26-17-7-5-16(6-8-17)13-18(28)14-27-11-9-25(10-12-27)15-32-24-22(30)21(29)19-3-1-2-4-20(19)23(24)31-25;2*26-16-5-7-18(8-6-16)31-14-17(28)13-27-11-9-25(10-12-27)15-33-24-22(30)21(29)19-3-1-2-4-20(19)23(24)32-25/h2-10,30H,11-17H2,1H3;1-8,18,28H,9-15H2;2*1-8,17,28H,9-15H2/t;;2*17-/m..10/s1. The van der Waals surface area contributed by atoms with E-state index in [1.165, 1.54) is 95.6 Å². The molecule has 676 valence electrons. The van der Waals surface area contributed by atoms with Crippen LogP contribution in [0.2, 0.25) is 5.02 Å². The van der Waals surface area contributed by atoms with Crippen molar-refractivity contribution in [1.29, 1.82) is 0 Å². The number of carbonyl (C=O) groups excluding carboxylic acids is 8. The number of aliphatic hydroxyl groups is 4. The minimum atomic E-state index is -0.807. The van der Waals surface area contributed by atoms with E-state index in [0.29, 0.717) is 155 Å². The van der Waals surface area contributed by atoms with Gasteiger partial charge < -0.3 is 68.4 Å². The third kappa shape index (κ3) is 20.6. The van der Waals surface area contributed by atoms with Crippen molar-refractivity contribution >= 4 is 128 Å². The van der Waals surface area contributed by atoms with Crippen LogP contribution in [-0.4, -0.2) is 247 Å². The Bertz CT molecular complexity index is 5620. The fourth-order valence-corrected chi connectivity index (χ4v) is 23.7. The Kier molecular flexibility index (Phi) is 27.9. The average Bonchev–Trinajstić information content (AvgIpc) is 0.756. The zero-order valence-corrected chi connectivity index (χ0v) is 75.7. The molecule has 4 saturated heterocycles. The van der Waals surface area contributed by atoms with Crippen LogP contribution in [0.4, 0.5) is 8.78 Å². The quantitative estimate of drug-likeness (QED) is 0.0581. The molecule has 20 rings (SSSR count). The van der Waals surface area contributed by atoms with Crippen LogP contribution in [0.3, 0.4) is 0 Å². The van der Waals surface area contributed by atoms with E-state index in [2.05, 4.69) is 19.6 Å². The molecule has 0 saturated carbocycles. The fourth-order valence-electron chi connectivity index (χ4n) is 18.6. The summed E-state index contributed by atoms with van der Waals surface area (Å²) in [6.45, 7) is 10.5. The van der Waals surface area contributed by atoms with Crippen molar-refractivity contribution in [3.63, 3.8) is 0 Å². The van der Waals surface area contributed by atoms with Crippen LogP contribution in [-0.2, 0) is 51.0 Å². The number of fused-ring (bicyclic) bond motifs is 8. The first-order valence-corrected chi connectivity index (χ1v) is 48.2. The zero-order valence-electron chi connectivity index (χ0n) is 71.6. The highest BCUT2D eigenvalue weighted by Crippen LogP contribution is 2.53. The molecule has 4 fully saturated rings. The molecular formula is C101H99ClF2N4O18S4. The maximum absolute atomic E-state index is 13.0. The second-order valence-corrected chi connectivity index (χ2v) is 39.8. The normalized spacial score (nSPS) is 21.2. The lowest BCUT2D eigenvalue weighted by Crippen LogP contribution is -2.52. The summed E-state index contributed by atoms with van der Waals surface area (Å²) in [5, 5.41) is 43.0. The Morgan fingerprint density at radius 3 is 0.946 bits per heavy atom. The van der Waals surface area contributed by atoms with E-state index in [9.17, 15) is 67.6 Å². The van der Waals surface area contributed by atoms with Gasteiger partial charge in [0.1, 0.15) is 114 Å². The molecule has 4 spiro atoms. The molecule has 29 heteroatoms. The maximum Gasteiger partial charge on any atom is 0.243 e. The Hall–Kier alpha value is -9.89. The van der Waals surface area contributed by atoms with Gasteiger partial charge in [0.15, 0.2) is 0 Å². The zero-order chi connectivity index (χ0) is 90.6. The third-order valence-electron chi connectivity index (χ3n) is 25.7. The highest BCUT2D eigenvalue weighted by atomic mass is 35.5. The number of Topliss-reactive ketones (excluding diaryl/α,β-unsaturated/α-hetero) is 8. The van der Waals surface area contributed by atoms with Gasteiger partial charge >= 0.3 is 0 Å². The van der Waals surface area contributed by atoms with E-state index in [-0.39, 0.29) is 36.1 Å². The number of thioether (sulfide) groups is 4. The molecule has 0 amide bonds. The van der Waals surface area contributed by atoms with Gasteiger partial charge in [-0.15, -0.1) is 47.0 Å². The number of aliphatic hydroxyl groups excluding tert-OH is 3. The Morgan fingerprint density at radius 1 is 0.362 bits per heavy atom. The minimum Gasteiger partial charge on any atom is -0.491 e. The molecule has 8 aromatic rings. The molecule has 4 aliphatic carbocycles. The van der Waals surface area contributed by atoms with Crippen molar-refractivity contribution in [1.82, 2.24) is 19.6 Å². The molecule has 4 N–H and O–H groups in total. The predicted octanol–water partition coefficient (Wildman–Crippen LogP) is 14.3. The molecule has 130 heavy (non-hydrogen) atoms. The first kappa shape index (κ1) is 92.0. The second-order valence-electron chi connectivity index (χ2n) is 35.4. The summed E-state index contributed by atoms with van der Waals surface area (Å²) in [5.74, 6) is 1.46. The van der Waals surface area contributed by atoms with Gasteiger partial charge in [-0.1, -0.05) is 151 Å². The lowest BCUT2D eigenvalue weighted by atomic mass is 9.89. The predicted molar refractivity (Wildman–Crippen MR) is 496 cm³/mol. The van der Waals surface area contributed by atoms with Crippen molar-refractivity contribution in [3.05, 3.63) is 292 Å². The highest BCUT2D eigenvalue weighted by molar-refractivity contribution is 8.05. The number of halogens is 3. The number of hydrogen-bond acceptors (Lipinski definition) is 26. The number of rotatable bonds is 18. The molecule has 2 unspecified atom stereocenters. The topological polar surface area (TPSA) is 286 Å². The molecule has 0 radical (unpaired) electrons. The SMILES string of the molecule is CC(O)(Cc1ccccc1)CN1CCC2(CC1)CSC1=C(O2)c2ccccc2C(=O)C1=O.O=C1C(=O)c2ccccc2C2=C1SCC1(CCN(CC(O)Cc3ccc(Cl)cc3)CC1)O2.O=C1C(=O)c2ccccc2C2=C1SCC1(CCN(C[C@@H](O)COc3ccc(F)cc3)CC1)O2.O=C1C(=O)c2ccccc2C2=C1SCC1(CCN(C[C@H](O)COc3ccc(F)cc3)CC1)O2. The smallest absolute Gasteiger partial charge is 0.243 e. The summed E-state index contributed by atoms with van der Waals surface area (Å²) in [4.78, 5) is 111. The third-order valence-corrected chi connectivity index (χ3v) is 31.3. The van der Waals surface area contributed by atoms with Crippen LogP contribution < -0.4 is 9.47 Å². The monoisotopic (exact) mass is 1860 g/mol. The summed E-state index contributed by atoms with van der Waals surface area (Å²) in [7, 11) is 0. The molecule has 0 aromatic heterocycles. The Labute approximate surface area is 774 Å². The molecule has 0 bridgehead atoms. The summed E-state index contributed by atoms with van der Waals surface area (Å²) in [6.07, 6.45) is 5.71. The molecule has 8 aromatic carbocycles. The number of hydrogen-bond donors (Lipinski definition) is 4. The van der Waals surface area contributed by atoms with E-state index < -0.39 is 81.4 Å². The average molecular weight is 1860 g/mol. The van der Waals surface area contributed by atoms with Crippen molar-refractivity contribution in [2.75, 3.05) is 115 Å². The minimum absolute atomic E-state index is 0.128. The Balaban J connectivity index is 0.000000121. The van der Waals surface area contributed by atoms with Crippen LogP contribution in [0, 0.1) is 11.6 Å². The van der Waals surface area contributed by atoms with Crippen molar-refractivity contribution < 1.29 is 96.0 Å². The van der Waals surface area contributed by atoms with Crippen LogP contribution in [0.25, 0.3) is 23.0 Å². The molecular weight excluding hydrogens is 1760 g/mol. The molecule has 8 heterocycles. The van der Waals surface area contributed by atoms with Crippen molar-refractivity contribution in [3.8, 4) is 11.5 Å². The van der Waals surface area contributed by atoms with Crippen LogP contribution in [0.1, 0.15) is 133 Å². The number of ketones is 8. The number of likely N-dealkylation sites (tertiary alicyclic amines) is 4.